The number of hydrogen-bond donors (Lipinski definition) is 0. The molecule has 0 spiro atoms. The molecule has 20 heavy (non-hydrogen) atoms. The molecule has 0 saturated heterocycles. The van der Waals surface area contributed by atoms with E-state index < -0.39 is 15.7 Å². The third-order valence-electron chi connectivity index (χ3n) is 2.42. The molecule has 1 atom stereocenters. The van der Waals surface area contributed by atoms with Crippen LogP contribution in [0.1, 0.15) is 9.67 Å². The second-order valence-corrected chi connectivity index (χ2v) is 6.88. The normalized spacial score (nSPS) is 12.1. The number of rotatable bonds is 5. The lowest BCUT2D eigenvalue weighted by molar-refractivity contribution is -0.387. The van der Waals surface area contributed by atoms with E-state index in [1.54, 1.807) is 18.2 Å². The molecule has 1 aromatic carbocycles. The summed E-state index contributed by atoms with van der Waals surface area (Å²) in [7, 11) is -1.76. The van der Waals surface area contributed by atoms with E-state index >= 15 is 0 Å². The van der Waals surface area contributed by atoms with Crippen molar-refractivity contribution < 1.29 is 13.9 Å². The summed E-state index contributed by atoms with van der Waals surface area (Å²) >= 11 is 6.82. The maximum absolute atomic E-state index is 12.1. The summed E-state index contributed by atoms with van der Waals surface area (Å²) in [6, 6.07) is 8.81. The topological polar surface area (TPSA) is 77.3 Å². The Balaban J connectivity index is 2.21. The SMILES string of the molecule is O=C(CS(=O)c1ccccc1[N+](=O)[O-])c1ccc(Cl)s1. The number of carbonyl (C=O) groups is 1. The minimum Gasteiger partial charge on any atom is -0.292 e. The van der Waals surface area contributed by atoms with Crippen molar-refractivity contribution in [3.63, 3.8) is 0 Å². The number of para-hydroxylation sites is 1. The molecule has 0 aliphatic carbocycles. The van der Waals surface area contributed by atoms with E-state index in [0.29, 0.717) is 9.21 Å². The Bertz CT molecular complexity index is 698. The van der Waals surface area contributed by atoms with Crippen molar-refractivity contribution in [2.75, 3.05) is 5.75 Å². The summed E-state index contributed by atoms with van der Waals surface area (Å²) in [5.41, 5.74) is -0.247. The minimum absolute atomic E-state index is 0.0495. The first-order valence-corrected chi connectivity index (χ1v) is 7.90. The summed E-state index contributed by atoms with van der Waals surface area (Å²) < 4.78 is 12.6. The summed E-state index contributed by atoms with van der Waals surface area (Å²) in [5, 5.41) is 10.9. The van der Waals surface area contributed by atoms with Gasteiger partial charge in [0.05, 0.1) is 30.7 Å². The molecule has 2 aromatic rings. The number of benzene rings is 1. The van der Waals surface area contributed by atoms with Crippen LogP contribution in [-0.4, -0.2) is 20.7 Å². The molecule has 0 bridgehead atoms. The van der Waals surface area contributed by atoms with E-state index in [1.807, 2.05) is 0 Å². The van der Waals surface area contributed by atoms with Crippen molar-refractivity contribution in [1.82, 2.24) is 0 Å². The largest absolute Gasteiger partial charge is 0.292 e. The minimum atomic E-state index is -1.76. The van der Waals surface area contributed by atoms with Crippen LogP contribution >= 0.6 is 22.9 Å². The molecule has 1 heterocycles. The van der Waals surface area contributed by atoms with E-state index in [4.69, 9.17) is 11.6 Å². The van der Waals surface area contributed by atoms with Gasteiger partial charge >= 0.3 is 0 Å². The number of nitro groups is 1. The molecular weight excluding hydrogens is 322 g/mol. The third kappa shape index (κ3) is 3.30. The summed E-state index contributed by atoms with van der Waals surface area (Å²) in [5.74, 6) is -0.653. The zero-order chi connectivity index (χ0) is 14.7. The van der Waals surface area contributed by atoms with Crippen LogP contribution in [0.2, 0.25) is 4.34 Å². The molecule has 5 nitrogen and oxygen atoms in total. The van der Waals surface area contributed by atoms with Gasteiger partial charge in [0.25, 0.3) is 5.69 Å². The van der Waals surface area contributed by atoms with E-state index in [2.05, 4.69) is 0 Å². The lowest BCUT2D eigenvalue weighted by atomic mass is 10.3. The number of hydrogen-bond acceptors (Lipinski definition) is 5. The second-order valence-electron chi connectivity index (χ2n) is 3.74. The van der Waals surface area contributed by atoms with E-state index in [9.17, 15) is 19.1 Å². The van der Waals surface area contributed by atoms with Crippen LogP contribution in [0, 0.1) is 10.1 Å². The van der Waals surface area contributed by atoms with Crippen molar-refractivity contribution in [1.29, 1.82) is 0 Å². The fourth-order valence-electron chi connectivity index (χ4n) is 1.53. The predicted molar refractivity (Wildman–Crippen MR) is 78.0 cm³/mol. The fourth-order valence-corrected chi connectivity index (χ4v) is 3.76. The quantitative estimate of drug-likeness (QED) is 0.479. The van der Waals surface area contributed by atoms with Gasteiger partial charge in [0.2, 0.25) is 0 Å². The number of nitro benzene ring substituents is 1. The maximum atomic E-state index is 12.1. The molecule has 0 amide bonds. The Morgan fingerprint density at radius 1 is 1.30 bits per heavy atom. The Kier molecular flexibility index (Phi) is 4.64. The molecular formula is C12H8ClNO4S2. The van der Waals surface area contributed by atoms with Crippen molar-refractivity contribution in [2.45, 2.75) is 4.90 Å². The van der Waals surface area contributed by atoms with Gasteiger partial charge in [-0.15, -0.1) is 11.3 Å². The zero-order valence-electron chi connectivity index (χ0n) is 9.95. The molecule has 1 unspecified atom stereocenters. The van der Waals surface area contributed by atoms with Crippen LogP contribution in [-0.2, 0) is 10.8 Å². The van der Waals surface area contributed by atoms with E-state index in [-0.39, 0.29) is 22.1 Å². The zero-order valence-corrected chi connectivity index (χ0v) is 12.3. The highest BCUT2D eigenvalue weighted by Crippen LogP contribution is 2.25. The highest BCUT2D eigenvalue weighted by Gasteiger charge is 2.21. The van der Waals surface area contributed by atoms with Crippen LogP contribution in [0.5, 0.6) is 0 Å². The highest BCUT2D eigenvalue weighted by molar-refractivity contribution is 7.86. The van der Waals surface area contributed by atoms with Gasteiger partial charge in [-0.1, -0.05) is 23.7 Å². The molecule has 8 heteroatoms. The number of thiophene rings is 1. The smallest absolute Gasteiger partial charge is 0.285 e. The van der Waals surface area contributed by atoms with Gasteiger partial charge in [0.1, 0.15) is 4.90 Å². The van der Waals surface area contributed by atoms with Crippen molar-refractivity contribution >= 4 is 45.2 Å². The van der Waals surface area contributed by atoms with Crippen molar-refractivity contribution in [3.8, 4) is 0 Å². The number of nitrogens with zero attached hydrogens (tertiary/aromatic N) is 1. The Morgan fingerprint density at radius 2 is 2.00 bits per heavy atom. The van der Waals surface area contributed by atoms with Gasteiger partial charge in [-0.25, -0.2) is 0 Å². The average Bonchev–Trinajstić information content (AvgIpc) is 2.85. The first-order chi connectivity index (χ1) is 9.49. The van der Waals surface area contributed by atoms with Gasteiger partial charge in [0, 0.05) is 6.07 Å². The van der Waals surface area contributed by atoms with Gasteiger partial charge < -0.3 is 0 Å². The second kappa shape index (κ2) is 6.25. The van der Waals surface area contributed by atoms with Gasteiger partial charge in [-0.2, -0.15) is 0 Å². The third-order valence-corrected chi connectivity index (χ3v) is 5.05. The molecule has 0 aliphatic rings. The predicted octanol–water partition coefficient (Wildman–Crippen LogP) is 3.30. The molecule has 104 valence electrons. The molecule has 0 aliphatic heterocycles. The van der Waals surface area contributed by atoms with Crippen LogP contribution in [0.4, 0.5) is 5.69 Å². The van der Waals surface area contributed by atoms with E-state index in [0.717, 1.165) is 11.3 Å². The van der Waals surface area contributed by atoms with Crippen molar-refractivity contribution in [2.24, 2.45) is 0 Å². The van der Waals surface area contributed by atoms with Crippen LogP contribution in [0.15, 0.2) is 41.3 Å². The maximum Gasteiger partial charge on any atom is 0.285 e. The van der Waals surface area contributed by atoms with Crippen molar-refractivity contribution in [3.05, 3.63) is 55.7 Å². The number of ketones is 1. The number of carbonyl (C=O) groups excluding carboxylic acids is 1. The number of Topliss-reactive ketones (excluding diaryl/α,β-unsaturated/α-hetero) is 1. The lowest BCUT2D eigenvalue weighted by Gasteiger charge is -2.02. The molecule has 1 aromatic heterocycles. The Hall–Kier alpha value is -1.57. The fraction of sp³-hybridized carbons (Fsp3) is 0.0833. The first-order valence-electron chi connectivity index (χ1n) is 5.39. The first kappa shape index (κ1) is 14.8. The van der Waals surface area contributed by atoms with Gasteiger partial charge in [-0.3, -0.25) is 19.1 Å². The van der Waals surface area contributed by atoms with Crippen LogP contribution in [0.3, 0.4) is 0 Å². The molecule has 0 saturated carbocycles. The summed E-state index contributed by atoms with van der Waals surface area (Å²) in [6.07, 6.45) is 0. The summed E-state index contributed by atoms with van der Waals surface area (Å²) in [4.78, 5) is 22.6. The highest BCUT2D eigenvalue weighted by atomic mass is 35.5. The number of halogens is 1. The van der Waals surface area contributed by atoms with Crippen LogP contribution in [0.25, 0.3) is 0 Å². The Morgan fingerprint density at radius 3 is 2.60 bits per heavy atom. The molecule has 0 radical (unpaired) electrons. The van der Waals surface area contributed by atoms with Crippen LogP contribution < -0.4 is 0 Å². The average molecular weight is 330 g/mol. The monoisotopic (exact) mass is 329 g/mol. The van der Waals surface area contributed by atoms with Gasteiger partial charge in [0.15, 0.2) is 5.78 Å². The van der Waals surface area contributed by atoms with Gasteiger partial charge in [-0.05, 0) is 18.2 Å². The molecule has 0 fully saturated rings. The van der Waals surface area contributed by atoms with E-state index in [1.165, 1.54) is 18.2 Å². The molecule has 0 N–H and O–H groups in total. The summed E-state index contributed by atoms with van der Waals surface area (Å²) in [6.45, 7) is 0. The lowest BCUT2D eigenvalue weighted by Crippen LogP contribution is -2.11. The Labute approximate surface area is 125 Å². The molecule has 2 rings (SSSR count). The standard InChI is InChI=1S/C12H8ClNO4S2/c13-12-6-5-10(19-12)9(15)7-20(18)11-4-2-1-3-8(11)14(16)17/h1-6H,7H2.